The van der Waals surface area contributed by atoms with Crippen LogP contribution in [0, 0.1) is 16.0 Å². The zero-order valence-corrected chi connectivity index (χ0v) is 13.0. The number of sulfonamides is 1. The van der Waals surface area contributed by atoms with Gasteiger partial charge in [-0.15, -0.1) is 0 Å². The topological polar surface area (TPSA) is 92.6 Å². The molecule has 1 aromatic rings. The van der Waals surface area contributed by atoms with Crippen molar-refractivity contribution in [1.29, 1.82) is 0 Å². The van der Waals surface area contributed by atoms with Crippen molar-refractivity contribution in [3.63, 3.8) is 0 Å². The van der Waals surface area contributed by atoms with Crippen LogP contribution in [0.2, 0.25) is 0 Å². The van der Waals surface area contributed by atoms with Gasteiger partial charge in [-0.05, 0) is 18.8 Å². The molecule has 0 bridgehead atoms. The number of nitrogens with one attached hydrogen (secondary N) is 1. The molecule has 112 valence electrons. The Balaban J connectivity index is 2.26. The molecule has 0 saturated heterocycles. The predicted octanol–water partition coefficient (Wildman–Crippen LogP) is 2.12. The summed E-state index contributed by atoms with van der Waals surface area (Å²) in [5.41, 5.74) is -0.201. The van der Waals surface area contributed by atoms with Gasteiger partial charge in [0, 0.05) is 26.7 Å². The normalized spacial score (nSPS) is 16.1. The molecule has 1 aliphatic rings. The molecule has 7 nitrogen and oxygen atoms in total. The van der Waals surface area contributed by atoms with Gasteiger partial charge in [0.05, 0.1) is 4.92 Å². The first-order valence-corrected chi connectivity index (χ1v) is 8.54. The Hall–Kier alpha value is -1.19. The van der Waals surface area contributed by atoms with E-state index in [4.69, 9.17) is 0 Å². The number of anilines is 1. The molecular weight excluding hydrogens is 302 g/mol. The van der Waals surface area contributed by atoms with Crippen molar-refractivity contribution in [3.8, 4) is 0 Å². The summed E-state index contributed by atoms with van der Waals surface area (Å²) in [5, 5.41) is 13.8. The number of rotatable bonds is 6. The molecule has 0 atom stereocenters. The van der Waals surface area contributed by atoms with Crippen LogP contribution >= 0.6 is 11.3 Å². The van der Waals surface area contributed by atoms with E-state index in [0.717, 1.165) is 36.7 Å². The molecule has 0 radical (unpaired) electrons. The van der Waals surface area contributed by atoms with E-state index in [0.29, 0.717) is 12.5 Å². The molecule has 2 rings (SSSR count). The van der Waals surface area contributed by atoms with Crippen LogP contribution in [-0.4, -0.2) is 38.3 Å². The average Bonchev–Trinajstić information content (AvgIpc) is 2.78. The van der Waals surface area contributed by atoms with E-state index in [2.05, 4.69) is 5.32 Å². The molecule has 1 heterocycles. The van der Waals surface area contributed by atoms with Gasteiger partial charge in [0.25, 0.3) is 10.0 Å². The van der Waals surface area contributed by atoms with Gasteiger partial charge >= 0.3 is 5.69 Å². The van der Waals surface area contributed by atoms with E-state index in [1.165, 1.54) is 18.4 Å². The van der Waals surface area contributed by atoms with E-state index >= 15 is 0 Å². The smallest absolute Gasteiger partial charge is 0.304 e. The maximum absolute atomic E-state index is 12.4. The highest BCUT2D eigenvalue weighted by Crippen LogP contribution is 2.38. The van der Waals surface area contributed by atoms with E-state index in [9.17, 15) is 18.5 Å². The standard InChI is InChI=1S/C11H17N3O4S2/c1-12-11-9(14(15)16)6-10(19-11)20(17,18)13(2)7-8-4-3-5-8/h6,8,12H,3-5,7H2,1-2H3. The highest BCUT2D eigenvalue weighted by atomic mass is 32.2. The van der Waals surface area contributed by atoms with Crippen molar-refractivity contribution >= 4 is 32.0 Å². The third kappa shape index (κ3) is 2.79. The minimum absolute atomic E-state index is 0.00961. The molecule has 0 unspecified atom stereocenters. The third-order valence-electron chi connectivity index (χ3n) is 3.52. The fourth-order valence-corrected chi connectivity index (χ4v) is 4.83. The van der Waals surface area contributed by atoms with Gasteiger partial charge in [0.15, 0.2) is 5.00 Å². The summed E-state index contributed by atoms with van der Waals surface area (Å²) in [5.74, 6) is 0.411. The van der Waals surface area contributed by atoms with Gasteiger partial charge in [-0.2, -0.15) is 4.31 Å². The van der Waals surface area contributed by atoms with E-state index < -0.39 is 14.9 Å². The Bertz CT molecular complexity index is 607. The molecule has 0 amide bonds. The summed E-state index contributed by atoms with van der Waals surface area (Å²) >= 11 is 0.893. The lowest BCUT2D eigenvalue weighted by Gasteiger charge is -2.29. The van der Waals surface area contributed by atoms with Crippen molar-refractivity contribution in [1.82, 2.24) is 4.31 Å². The highest BCUT2D eigenvalue weighted by Gasteiger charge is 2.31. The van der Waals surface area contributed by atoms with Gasteiger partial charge in [0.1, 0.15) is 4.21 Å². The van der Waals surface area contributed by atoms with Crippen molar-refractivity contribution in [2.75, 3.05) is 26.0 Å². The van der Waals surface area contributed by atoms with Crippen LogP contribution in [0.1, 0.15) is 19.3 Å². The van der Waals surface area contributed by atoms with Crippen molar-refractivity contribution in [2.24, 2.45) is 5.92 Å². The molecule has 1 aromatic heterocycles. The second-order valence-corrected chi connectivity index (χ2v) is 8.19. The fourth-order valence-electron chi connectivity index (χ4n) is 2.09. The second kappa shape index (κ2) is 5.66. The molecule has 1 saturated carbocycles. The third-order valence-corrected chi connectivity index (χ3v) is 6.93. The number of nitrogens with zero attached hydrogens (tertiary/aromatic N) is 2. The van der Waals surface area contributed by atoms with E-state index in [1.807, 2.05) is 0 Å². The SMILES string of the molecule is CNc1sc(S(=O)(=O)N(C)CC2CCC2)cc1[N+](=O)[O-]. The maximum atomic E-state index is 12.4. The zero-order valence-electron chi connectivity index (χ0n) is 11.3. The van der Waals surface area contributed by atoms with E-state index in [-0.39, 0.29) is 14.9 Å². The van der Waals surface area contributed by atoms with Crippen LogP contribution in [0.3, 0.4) is 0 Å². The molecule has 0 spiro atoms. The Kier molecular flexibility index (Phi) is 4.31. The summed E-state index contributed by atoms with van der Waals surface area (Å²) in [6.07, 6.45) is 3.24. The number of hydrogen-bond donors (Lipinski definition) is 1. The monoisotopic (exact) mass is 319 g/mol. The summed E-state index contributed by atoms with van der Waals surface area (Å²) in [6, 6.07) is 1.13. The quantitative estimate of drug-likeness (QED) is 0.640. The highest BCUT2D eigenvalue weighted by molar-refractivity contribution is 7.91. The fraction of sp³-hybridized carbons (Fsp3) is 0.636. The van der Waals surface area contributed by atoms with Gasteiger partial charge in [-0.25, -0.2) is 8.42 Å². The first-order valence-electron chi connectivity index (χ1n) is 6.28. The minimum Gasteiger partial charge on any atom is -0.374 e. The van der Waals surface area contributed by atoms with Crippen LogP contribution in [0.15, 0.2) is 10.3 Å². The van der Waals surface area contributed by atoms with Crippen LogP contribution in [-0.2, 0) is 10.0 Å². The van der Waals surface area contributed by atoms with Crippen molar-refractivity contribution in [3.05, 3.63) is 16.2 Å². The zero-order chi connectivity index (χ0) is 14.9. The van der Waals surface area contributed by atoms with E-state index in [1.54, 1.807) is 0 Å². The maximum Gasteiger partial charge on any atom is 0.304 e. The summed E-state index contributed by atoms with van der Waals surface area (Å²) < 4.78 is 26.1. The van der Waals surface area contributed by atoms with Crippen molar-refractivity contribution < 1.29 is 13.3 Å². The molecule has 0 aromatic carbocycles. The Morgan fingerprint density at radius 3 is 2.60 bits per heavy atom. The molecular formula is C11H17N3O4S2. The predicted molar refractivity (Wildman–Crippen MR) is 77.7 cm³/mol. The lowest BCUT2D eigenvalue weighted by Crippen LogP contribution is -2.33. The van der Waals surface area contributed by atoms with Gasteiger partial charge in [-0.3, -0.25) is 10.1 Å². The summed E-state index contributed by atoms with van der Waals surface area (Å²) in [7, 11) is -0.587. The Morgan fingerprint density at radius 1 is 1.55 bits per heavy atom. The van der Waals surface area contributed by atoms with Crippen LogP contribution in [0.5, 0.6) is 0 Å². The average molecular weight is 319 g/mol. The van der Waals surface area contributed by atoms with Gasteiger partial charge in [0.2, 0.25) is 0 Å². The molecule has 9 heteroatoms. The van der Waals surface area contributed by atoms with Crippen LogP contribution in [0.4, 0.5) is 10.7 Å². The Labute approximate surface area is 121 Å². The Morgan fingerprint density at radius 2 is 2.20 bits per heavy atom. The van der Waals surface area contributed by atoms with Gasteiger partial charge in [-0.1, -0.05) is 17.8 Å². The van der Waals surface area contributed by atoms with Crippen LogP contribution < -0.4 is 5.32 Å². The lowest BCUT2D eigenvalue weighted by molar-refractivity contribution is -0.383. The first kappa shape index (κ1) is 15.2. The molecule has 0 aliphatic heterocycles. The molecule has 20 heavy (non-hydrogen) atoms. The summed E-state index contributed by atoms with van der Waals surface area (Å²) in [6.45, 7) is 0.475. The van der Waals surface area contributed by atoms with Crippen molar-refractivity contribution in [2.45, 2.75) is 23.5 Å². The first-order chi connectivity index (χ1) is 9.36. The number of thiophene rings is 1. The van der Waals surface area contributed by atoms with Crippen LogP contribution in [0.25, 0.3) is 0 Å². The minimum atomic E-state index is -3.65. The molecule has 1 N–H and O–H groups in total. The lowest BCUT2D eigenvalue weighted by atomic mass is 9.86. The second-order valence-electron chi connectivity index (χ2n) is 4.87. The number of nitro groups is 1. The van der Waals surface area contributed by atoms with Gasteiger partial charge < -0.3 is 5.32 Å². The molecule has 1 aliphatic carbocycles. The molecule has 1 fully saturated rings. The summed E-state index contributed by atoms with van der Waals surface area (Å²) in [4.78, 5) is 10.3. The number of hydrogen-bond acceptors (Lipinski definition) is 6. The largest absolute Gasteiger partial charge is 0.374 e.